The van der Waals surface area contributed by atoms with E-state index < -0.39 is 0 Å². The molecule has 0 aliphatic carbocycles. The summed E-state index contributed by atoms with van der Waals surface area (Å²) in [7, 11) is 1.66. The first-order valence-electron chi connectivity index (χ1n) is 8.21. The molecule has 0 spiro atoms. The summed E-state index contributed by atoms with van der Waals surface area (Å²) in [5, 5.41) is 4.30. The van der Waals surface area contributed by atoms with Gasteiger partial charge in [-0.15, -0.1) is 0 Å². The van der Waals surface area contributed by atoms with Gasteiger partial charge in [0.25, 0.3) is 0 Å². The van der Waals surface area contributed by atoms with Gasteiger partial charge in [-0.25, -0.2) is 9.97 Å². The van der Waals surface area contributed by atoms with Crippen LogP contribution in [-0.2, 0) is 11.2 Å². The van der Waals surface area contributed by atoms with Gasteiger partial charge in [0.15, 0.2) is 0 Å². The average Bonchev–Trinajstić information content (AvgIpc) is 2.63. The molecule has 3 N–H and O–H groups in total. The van der Waals surface area contributed by atoms with Crippen molar-refractivity contribution in [3.05, 3.63) is 54.4 Å². The Morgan fingerprint density at radius 1 is 1.08 bits per heavy atom. The van der Waals surface area contributed by atoms with Crippen molar-refractivity contribution in [3.63, 3.8) is 0 Å². The molecule has 0 aliphatic heterocycles. The molecule has 0 amide bonds. The Bertz CT molecular complexity index is 839. The molecule has 0 atom stereocenters. The third-order valence-corrected chi connectivity index (χ3v) is 3.82. The minimum atomic E-state index is 0.548. The molecule has 3 aromatic rings. The first kappa shape index (κ1) is 17.0. The Balaban J connectivity index is 1.61. The van der Waals surface area contributed by atoms with Crippen LogP contribution in [-0.4, -0.2) is 36.8 Å². The smallest absolute Gasteiger partial charge is 0.137 e. The minimum absolute atomic E-state index is 0.548. The Kier molecular flexibility index (Phi) is 5.64. The Labute approximate surface area is 147 Å². The number of nitrogens with zero attached hydrogens (tertiary/aromatic N) is 2. The number of benzene rings is 2. The fourth-order valence-corrected chi connectivity index (χ4v) is 2.57. The predicted octanol–water partition coefficient (Wildman–Crippen LogP) is 2.89. The number of anilines is 2. The van der Waals surface area contributed by atoms with Crippen molar-refractivity contribution >= 4 is 22.4 Å². The molecule has 6 heteroatoms. The first-order chi connectivity index (χ1) is 12.3. The standard InChI is InChI=1S/C19H22N4O2/c1-24-9-10-25-16-4-2-3-14(11-16)7-8-21-19-17-12-15(20)5-6-18(17)22-13-23-19/h2-6,11-13H,7-10,20H2,1H3,(H,21,22,23). The maximum atomic E-state index is 5.87. The highest BCUT2D eigenvalue weighted by Crippen LogP contribution is 2.21. The van der Waals surface area contributed by atoms with E-state index in [0.717, 1.165) is 35.4 Å². The lowest BCUT2D eigenvalue weighted by Crippen LogP contribution is -2.08. The predicted molar refractivity (Wildman–Crippen MR) is 100.0 cm³/mol. The van der Waals surface area contributed by atoms with Crippen LogP contribution in [0.2, 0.25) is 0 Å². The maximum absolute atomic E-state index is 5.87. The van der Waals surface area contributed by atoms with Crippen molar-refractivity contribution in [2.45, 2.75) is 6.42 Å². The van der Waals surface area contributed by atoms with E-state index in [1.165, 1.54) is 5.56 Å². The van der Waals surface area contributed by atoms with E-state index in [9.17, 15) is 0 Å². The Morgan fingerprint density at radius 3 is 2.88 bits per heavy atom. The van der Waals surface area contributed by atoms with Crippen LogP contribution in [0.1, 0.15) is 5.56 Å². The molecule has 1 heterocycles. The average molecular weight is 338 g/mol. The topological polar surface area (TPSA) is 82.3 Å². The van der Waals surface area contributed by atoms with E-state index >= 15 is 0 Å². The highest BCUT2D eigenvalue weighted by atomic mass is 16.5. The lowest BCUT2D eigenvalue weighted by Gasteiger charge is -2.10. The van der Waals surface area contributed by atoms with Gasteiger partial charge in [0, 0.05) is 24.7 Å². The van der Waals surface area contributed by atoms with Gasteiger partial charge in [-0.2, -0.15) is 0 Å². The van der Waals surface area contributed by atoms with Crippen molar-refractivity contribution in [1.29, 1.82) is 0 Å². The van der Waals surface area contributed by atoms with Crippen LogP contribution in [0.15, 0.2) is 48.8 Å². The van der Waals surface area contributed by atoms with Crippen LogP contribution in [0.25, 0.3) is 10.9 Å². The molecule has 0 unspecified atom stereocenters. The molecule has 0 aliphatic rings. The van der Waals surface area contributed by atoms with Crippen LogP contribution in [0, 0.1) is 0 Å². The molecule has 0 bridgehead atoms. The number of nitrogen functional groups attached to an aromatic ring is 1. The van der Waals surface area contributed by atoms with Crippen molar-refractivity contribution < 1.29 is 9.47 Å². The highest BCUT2D eigenvalue weighted by Gasteiger charge is 2.04. The van der Waals surface area contributed by atoms with Gasteiger partial charge in [-0.05, 0) is 42.3 Å². The van der Waals surface area contributed by atoms with E-state index in [1.54, 1.807) is 13.4 Å². The van der Waals surface area contributed by atoms with E-state index in [4.69, 9.17) is 15.2 Å². The van der Waals surface area contributed by atoms with Crippen LogP contribution >= 0.6 is 0 Å². The zero-order valence-electron chi connectivity index (χ0n) is 14.2. The number of nitrogens with one attached hydrogen (secondary N) is 1. The minimum Gasteiger partial charge on any atom is -0.491 e. The van der Waals surface area contributed by atoms with Crippen LogP contribution in [0.5, 0.6) is 5.75 Å². The van der Waals surface area contributed by atoms with Crippen LogP contribution in [0.3, 0.4) is 0 Å². The molecule has 25 heavy (non-hydrogen) atoms. The third kappa shape index (κ3) is 4.58. The van der Waals surface area contributed by atoms with Gasteiger partial charge in [0.1, 0.15) is 24.5 Å². The fourth-order valence-electron chi connectivity index (χ4n) is 2.57. The highest BCUT2D eigenvalue weighted by molar-refractivity contribution is 5.91. The van der Waals surface area contributed by atoms with Crippen molar-refractivity contribution in [1.82, 2.24) is 9.97 Å². The molecule has 1 aromatic heterocycles. The summed E-state index contributed by atoms with van der Waals surface area (Å²) in [5.74, 6) is 1.65. The number of ether oxygens (including phenoxy) is 2. The van der Waals surface area contributed by atoms with Crippen molar-refractivity contribution in [3.8, 4) is 5.75 Å². The second-order valence-corrected chi connectivity index (χ2v) is 5.66. The zero-order chi connectivity index (χ0) is 17.5. The normalized spacial score (nSPS) is 10.8. The molecule has 130 valence electrons. The fraction of sp³-hybridized carbons (Fsp3) is 0.263. The summed E-state index contributed by atoms with van der Waals surface area (Å²) in [6.07, 6.45) is 2.42. The number of methoxy groups -OCH3 is 1. The second-order valence-electron chi connectivity index (χ2n) is 5.66. The molecule has 2 aromatic carbocycles. The van der Waals surface area contributed by atoms with E-state index in [-0.39, 0.29) is 0 Å². The number of rotatable bonds is 8. The van der Waals surface area contributed by atoms with E-state index in [0.29, 0.717) is 18.9 Å². The maximum Gasteiger partial charge on any atom is 0.137 e. The lowest BCUT2D eigenvalue weighted by molar-refractivity contribution is 0.146. The zero-order valence-corrected chi connectivity index (χ0v) is 14.2. The SMILES string of the molecule is COCCOc1cccc(CCNc2ncnc3ccc(N)cc23)c1. The van der Waals surface area contributed by atoms with E-state index in [2.05, 4.69) is 21.4 Å². The third-order valence-electron chi connectivity index (χ3n) is 3.82. The quantitative estimate of drug-likeness (QED) is 0.485. The van der Waals surface area contributed by atoms with E-state index in [1.807, 2.05) is 36.4 Å². The van der Waals surface area contributed by atoms with Gasteiger partial charge >= 0.3 is 0 Å². The molecular weight excluding hydrogens is 316 g/mol. The molecule has 3 rings (SSSR count). The Morgan fingerprint density at radius 2 is 2.00 bits per heavy atom. The van der Waals surface area contributed by atoms with Gasteiger partial charge in [0.05, 0.1) is 12.1 Å². The van der Waals surface area contributed by atoms with Crippen LogP contribution in [0.4, 0.5) is 11.5 Å². The van der Waals surface area contributed by atoms with Crippen LogP contribution < -0.4 is 15.8 Å². The van der Waals surface area contributed by atoms with Crippen molar-refractivity contribution in [2.75, 3.05) is 37.9 Å². The Hall–Kier alpha value is -2.86. The number of aromatic nitrogens is 2. The molecule has 0 fully saturated rings. The largest absolute Gasteiger partial charge is 0.491 e. The number of nitrogens with two attached hydrogens (primary N) is 1. The number of hydrogen-bond donors (Lipinski definition) is 2. The lowest BCUT2D eigenvalue weighted by atomic mass is 10.1. The summed E-state index contributed by atoms with van der Waals surface area (Å²) in [5.41, 5.74) is 8.64. The number of fused-ring (bicyclic) bond motifs is 1. The molecular formula is C19H22N4O2. The van der Waals surface area contributed by atoms with Gasteiger partial charge in [-0.3, -0.25) is 0 Å². The molecule has 0 radical (unpaired) electrons. The monoisotopic (exact) mass is 338 g/mol. The van der Waals surface area contributed by atoms with Gasteiger partial charge < -0.3 is 20.5 Å². The molecule has 0 saturated carbocycles. The first-order valence-corrected chi connectivity index (χ1v) is 8.21. The summed E-state index contributed by atoms with van der Waals surface area (Å²) >= 11 is 0. The van der Waals surface area contributed by atoms with Gasteiger partial charge in [-0.1, -0.05) is 12.1 Å². The number of hydrogen-bond acceptors (Lipinski definition) is 6. The van der Waals surface area contributed by atoms with Crippen molar-refractivity contribution in [2.24, 2.45) is 0 Å². The summed E-state index contributed by atoms with van der Waals surface area (Å²) in [4.78, 5) is 8.59. The molecule has 0 saturated heterocycles. The molecule has 6 nitrogen and oxygen atoms in total. The summed E-state index contributed by atoms with van der Waals surface area (Å²) in [6, 6.07) is 13.7. The summed E-state index contributed by atoms with van der Waals surface area (Å²) in [6.45, 7) is 1.88. The summed E-state index contributed by atoms with van der Waals surface area (Å²) < 4.78 is 10.6. The second kappa shape index (κ2) is 8.30. The van der Waals surface area contributed by atoms with Gasteiger partial charge in [0.2, 0.25) is 0 Å².